The van der Waals surface area contributed by atoms with Gasteiger partial charge in [-0.05, 0) is 12.8 Å². The largest absolute Gasteiger partial charge is 0.370 e. The average molecular weight is 142 g/mol. The van der Waals surface area contributed by atoms with Crippen LogP contribution in [0, 0.1) is 11.8 Å². The molecule has 1 saturated carbocycles. The van der Waals surface area contributed by atoms with Crippen molar-refractivity contribution in [2.75, 3.05) is 6.61 Å². The Labute approximate surface area is 61.6 Å². The smallest absolute Gasteiger partial charge is 0.165 e. The molecule has 10 heavy (non-hydrogen) atoms. The van der Waals surface area contributed by atoms with Gasteiger partial charge in [-0.15, -0.1) is 0 Å². The van der Waals surface area contributed by atoms with Crippen molar-refractivity contribution in [2.24, 2.45) is 11.8 Å². The Bertz CT molecular complexity index is 142. The number of hydrogen-bond acceptors (Lipinski definition) is 2. The molecule has 0 aromatic carbocycles. The molecule has 0 N–H and O–H groups in total. The molecule has 1 aliphatic carbocycles. The van der Waals surface area contributed by atoms with Crippen LogP contribution in [0.1, 0.15) is 20.8 Å². The minimum Gasteiger partial charge on any atom is -0.370 e. The molecule has 3 atom stereocenters. The highest BCUT2D eigenvalue weighted by atomic mass is 16.5. The molecule has 1 aliphatic rings. The van der Waals surface area contributed by atoms with Gasteiger partial charge < -0.3 is 4.74 Å². The zero-order valence-electron chi connectivity index (χ0n) is 6.76. The first-order valence-corrected chi connectivity index (χ1v) is 3.83. The van der Waals surface area contributed by atoms with Crippen molar-refractivity contribution >= 4 is 5.78 Å². The third-order valence-corrected chi connectivity index (χ3v) is 2.34. The topological polar surface area (TPSA) is 26.3 Å². The van der Waals surface area contributed by atoms with Gasteiger partial charge in [0.15, 0.2) is 5.78 Å². The lowest BCUT2D eigenvalue weighted by Crippen LogP contribution is -2.50. The first-order valence-electron chi connectivity index (χ1n) is 3.83. The minimum atomic E-state index is -0.0972. The lowest BCUT2D eigenvalue weighted by atomic mass is 9.72. The van der Waals surface area contributed by atoms with Gasteiger partial charge in [0.05, 0.1) is 0 Å². The first kappa shape index (κ1) is 7.73. The Morgan fingerprint density at radius 2 is 2.10 bits per heavy atom. The second kappa shape index (κ2) is 2.70. The van der Waals surface area contributed by atoms with Gasteiger partial charge in [-0.2, -0.15) is 0 Å². The third kappa shape index (κ3) is 0.966. The molecule has 0 radical (unpaired) electrons. The second-order valence-electron chi connectivity index (χ2n) is 2.93. The summed E-state index contributed by atoms with van der Waals surface area (Å²) in [5, 5.41) is 0. The Morgan fingerprint density at radius 1 is 1.50 bits per heavy atom. The summed E-state index contributed by atoms with van der Waals surface area (Å²) in [6, 6.07) is 0. The highest BCUT2D eigenvalue weighted by Gasteiger charge is 2.44. The van der Waals surface area contributed by atoms with E-state index in [0.29, 0.717) is 12.5 Å². The van der Waals surface area contributed by atoms with Crippen LogP contribution in [0.25, 0.3) is 0 Å². The number of ketones is 1. The molecule has 2 heteroatoms. The van der Waals surface area contributed by atoms with Crippen LogP contribution in [0.5, 0.6) is 0 Å². The van der Waals surface area contributed by atoms with E-state index >= 15 is 0 Å². The van der Waals surface area contributed by atoms with Gasteiger partial charge in [0, 0.05) is 12.5 Å². The van der Waals surface area contributed by atoms with E-state index in [1.54, 1.807) is 0 Å². The molecule has 0 spiro atoms. The van der Waals surface area contributed by atoms with E-state index in [1.807, 2.05) is 13.8 Å². The molecule has 1 fully saturated rings. The molecule has 0 amide bonds. The molecule has 0 heterocycles. The Hall–Kier alpha value is -0.370. The van der Waals surface area contributed by atoms with Gasteiger partial charge >= 0.3 is 0 Å². The number of carbonyl (C=O) groups is 1. The molecule has 0 aromatic rings. The summed E-state index contributed by atoms with van der Waals surface area (Å²) >= 11 is 0. The number of rotatable bonds is 2. The lowest BCUT2D eigenvalue weighted by molar-refractivity contribution is -0.156. The van der Waals surface area contributed by atoms with E-state index in [2.05, 4.69) is 6.92 Å². The van der Waals surface area contributed by atoms with Crippen LogP contribution in [0.15, 0.2) is 0 Å². The molecule has 1 rings (SSSR count). The normalized spacial score (nSPS) is 39.5. The second-order valence-corrected chi connectivity index (χ2v) is 2.93. The molecule has 0 bridgehead atoms. The lowest BCUT2D eigenvalue weighted by Gasteiger charge is -2.38. The minimum absolute atomic E-state index is 0.0972. The number of carbonyl (C=O) groups excluding carboxylic acids is 1. The predicted molar refractivity (Wildman–Crippen MR) is 38.7 cm³/mol. The van der Waals surface area contributed by atoms with Crippen LogP contribution >= 0.6 is 0 Å². The van der Waals surface area contributed by atoms with Crippen LogP contribution in [-0.4, -0.2) is 18.5 Å². The van der Waals surface area contributed by atoms with Gasteiger partial charge in [0.2, 0.25) is 0 Å². The molecular formula is C8H14O2. The van der Waals surface area contributed by atoms with E-state index < -0.39 is 0 Å². The molecule has 0 aromatic heterocycles. The monoisotopic (exact) mass is 142 g/mol. The zero-order chi connectivity index (χ0) is 7.72. The maximum atomic E-state index is 11.0. The van der Waals surface area contributed by atoms with Crippen molar-refractivity contribution in [3.8, 4) is 0 Å². The molecule has 0 aliphatic heterocycles. The predicted octanol–water partition coefficient (Wildman–Crippen LogP) is 1.25. The van der Waals surface area contributed by atoms with Crippen LogP contribution in [-0.2, 0) is 9.53 Å². The Balaban J connectivity index is 2.42. The summed E-state index contributed by atoms with van der Waals surface area (Å²) in [4.78, 5) is 11.0. The Kier molecular flexibility index (Phi) is 2.09. The number of ether oxygens (including phenoxy) is 1. The summed E-state index contributed by atoms with van der Waals surface area (Å²) in [6.45, 7) is 6.59. The quantitative estimate of drug-likeness (QED) is 0.580. The van der Waals surface area contributed by atoms with Crippen molar-refractivity contribution < 1.29 is 9.53 Å². The van der Waals surface area contributed by atoms with E-state index in [0.717, 1.165) is 0 Å². The van der Waals surface area contributed by atoms with Crippen LogP contribution in [0.2, 0.25) is 0 Å². The van der Waals surface area contributed by atoms with Gasteiger partial charge in [-0.3, -0.25) is 4.79 Å². The summed E-state index contributed by atoms with van der Waals surface area (Å²) in [5.41, 5.74) is 0. The van der Waals surface area contributed by atoms with E-state index in [1.165, 1.54) is 0 Å². The standard InChI is InChI=1S/C8H14O2/c1-4-10-8-6(3)5(2)7(8)9/h5-6,8H,4H2,1-3H3. The summed E-state index contributed by atoms with van der Waals surface area (Å²) in [6.07, 6.45) is -0.0972. The average Bonchev–Trinajstić information content (AvgIpc) is 1.98. The van der Waals surface area contributed by atoms with Gasteiger partial charge in [0.25, 0.3) is 0 Å². The maximum Gasteiger partial charge on any atom is 0.165 e. The van der Waals surface area contributed by atoms with Gasteiger partial charge in [0.1, 0.15) is 6.10 Å². The van der Waals surface area contributed by atoms with Crippen molar-refractivity contribution in [3.63, 3.8) is 0 Å². The molecule has 58 valence electrons. The molecular weight excluding hydrogens is 128 g/mol. The highest BCUT2D eigenvalue weighted by Crippen LogP contribution is 2.32. The third-order valence-electron chi connectivity index (χ3n) is 2.34. The summed E-state index contributed by atoms with van der Waals surface area (Å²) < 4.78 is 5.22. The van der Waals surface area contributed by atoms with Crippen molar-refractivity contribution in [1.82, 2.24) is 0 Å². The van der Waals surface area contributed by atoms with Crippen LogP contribution < -0.4 is 0 Å². The fraction of sp³-hybridized carbons (Fsp3) is 0.875. The van der Waals surface area contributed by atoms with Crippen molar-refractivity contribution in [3.05, 3.63) is 0 Å². The van der Waals surface area contributed by atoms with Crippen molar-refractivity contribution in [2.45, 2.75) is 26.9 Å². The zero-order valence-corrected chi connectivity index (χ0v) is 6.76. The molecule has 0 saturated heterocycles. The van der Waals surface area contributed by atoms with Crippen LogP contribution in [0.4, 0.5) is 0 Å². The molecule has 2 nitrogen and oxygen atoms in total. The fourth-order valence-electron chi connectivity index (χ4n) is 1.33. The fourth-order valence-corrected chi connectivity index (χ4v) is 1.33. The number of hydrogen-bond donors (Lipinski definition) is 0. The van der Waals surface area contributed by atoms with E-state index in [9.17, 15) is 4.79 Å². The molecule has 3 unspecified atom stereocenters. The van der Waals surface area contributed by atoms with E-state index in [-0.39, 0.29) is 17.8 Å². The number of Topliss-reactive ketones (excluding diaryl/α,β-unsaturated/α-hetero) is 1. The van der Waals surface area contributed by atoms with E-state index in [4.69, 9.17) is 4.74 Å². The summed E-state index contributed by atoms with van der Waals surface area (Å²) in [7, 11) is 0. The van der Waals surface area contributed by atoms with Gasteiger partial charge in [-0.25, -0.2) is 0 Å². The van der Waals surface area contributed by atoms with Gasteiger partial charge in [-0.1, -0.05) is 13.8 Å². The van der Waals surface area contributed by atoms with Crippen molar-refractivity contribution in [1.29, 1.82) is 0 Å². The highest BCUT2D eigenvalue weighted by molar-refractivity contribution is 5.91. The summed E-state index contributed by atoms with van der Waals surface area (Å²) in [5.74, 6) is 0.915. The maximum absolute atomic E-state index is 11.0. The first-order chi connectivity index (χ1) is 4.68. The Morgan fingerprint density at radius 3 is 2.50 bits per heavy atom. The van der Waals surface area contributed by atoms with Crippen LogP contribution in [0.3, 0.4) is 0 Å². The SMILES string of the molecule is CCOC1C(=O)C(C)C1C.